The molecule has 1 aromatic carbocycles. The number of amides is 2. The topological polar surface area (TPSA) is 75.2 Å². The number of carbonyl (C=O) groups excluding carboxylic acids is 2. The molecule has 1 aliphatic heterocycles. The van der Waals surface area contributed by atoms with Gasteiger partial charge in [-0.05, 0) is 12.5 Å². The Morgan fingerprint density at radius 2 is 2.18 bits per heavy atom. The molecular formula is C15H16N4O2S. The maximum absolute atomic E-state index is 12.2. The van der Waals surface area contributed by atoms with Crippen LogP contribution in [0.25, 0.3) is 0 Å². The number of aromatic nitrogens is 2. The molecule has 0 bridgehead atoms. The van der Waals surface area contributed by atoms with Crippen molar-refractivity contribution in [2.45, 2.75) is 19.4 Å². The second-order valence-corrected chi connectivity index (χ2v) is 6.05. The van der Waals surface area contributed by atoms with Gasteiger partial charge in [0.15, 0.2) is 0 Å². The SMILES string of the molecule is CC(c1ccccc1)N1CC(C(=O)Nc2ncns2)CC1=O. The van der Waals surface area contributed by atoms with Crippen LogP contribution >= 0.6 is 11.5 Å². The smallest absolute Gasteiger partial charge is 0.231 e. The highest BCUT2D eigenvalue weighted by Gasteiger charge is 2.37. The molecule has 0 aliphatic carbocycles. The minimum absolute atomic E-state index is 0.00812. The summed E-state index contributed by atoms with van der Waals surface area (Å²) in [5.41, 5.74) is 1.07. The Morgan fingerprint density at radius 1 is 1.41 bits per heavy atom. The standard InChI is InChI=1S/C15H16N4O2S/c1-10(11-5-3-2-4-6-11)19-8-12(7-13(19)20)14(21)18-15-16-9-17-22-15/h2-6,9-10,12H,7-8H2,1H3,(H,16,17,18,21). The van der Waals surface area contributed by atoms with Crippen molar-refractivity contribution in [3.8, 4) is 0 Å². The molecule has 6 nitrogen and oxygen atoms in total. The number of nitrogens with one attached hydrogen (secondary N) is 1. The molecule has 22 heavy (non-hydrogen) atoms. The molecule has 1 fully saturated rings. The van der Waals surface area contributed by atoms with E-state index in [2.05, 4.69) is 14.7 Å². The summed E-state index contributed by atoms with van der Waals surface area (Å²) in [7, 11) is 0. The molecule has 1 aromatic heterocycles. The molecule has 2 heterocycles. The molecule has 2 unspecified atom stereocenters. The van der Waals surface area contributed by atoms with Crippen LogP contribution in [0.15, 0.2) is 36.7 Å². The summed E-state index contributed by atoms with van der Waals surface area (Å²) >= 11 is 1.12. The van der Waals surface area contributed by atoms with Gasteiger partial charge in [0.2, 0.25) is 16.9 Å². The minimum atomic E-state index is -0.345. The van der Waals surface area contributed by atoms with E-state index in [4.69, 9.17) is 0 Å². The third-order valence-electron chi connectivity index (χ3n) is 3.87. The molecule has 0 spiro atoms. The van der Waals surface area contributed by atoms with E-state index in [-0.39, 0.29) is 30.2 Å². The zero-order chi connectivity index (χ0) is 15.5. The van der Waals surface area contributed by atoms with Gasteiger partial charge < -0.3 is 10.2 Å². The molecule has 2 aromatic rings. The molecule has 114 valence electrons. The molecule has 3 rings (SSSR count). The van der Waals surface area contributed by atoms with Crippen LogP contribution in [0.1, 0.15) is 24.9 Å². The number of rotatable bonds is 4. The number of anilines is 1. The maximum Gasteiger partial charge on any atom is 0.231 e. The Hall–Kier alpha value is -2.28. The molecule has 7 heteroatoms. The first-order chi connectivity index (χ1) is 10.6. The Labute approximate surface area is 132 Å². The number of carbonyl (C=O) groups is 2. The van der Waals surface area contributed by atoms with Crippen LogP contribution in [0.3, 0.4) is 0 Å². The number of nitrogens with zero attached hydrogens (tertiary/aromatic N) is 3. The Kier molecular flexibility index (Phi) is 4.15. The maximum atomic E-state index is 12.2. The highest BCUT2D eigenvalue weighted by Crippen LogP contribution is 2.29. The van der Waals surface area contributed by atoms with Crippen LogP contribution in [0.4, 0.5) is 5.13 Å². The quantitative estimate of drug-likeness (QED) is 0.937. The number of hydrogen-bond acceptors (Lipinski definition) is 5. The van der Waals surface area contributed by atoms with Gasteiger partial charge in [0.1, 0.15) is 6.33 Å². The zero-order valence-corrected chi connectivity index (χ0v) is 12.9. The summed E-state index contributed by atoms with van der Waals surface area (Å²) in [4.78, 5) is 30.1. The van der Waals surface area contributed by atoms with Crippen molar-refractivity contribution in [2.24, 2.45) is 5.92 Å². The van der Waals surface area contributed by atoms with Gasteiger partial charge >= 0.3 is 0 Å². The van der Waals surface area contributed by atoms with E-state index >= 15 is 0 Å². The third-order valence-corrected chi connectivity index (χ3v) is 4.45. The van der Waals surface area contributed by atoms with Crippen LogP contribution < -0.4 is 5.32 Å². The fourth-order valence-electron chi connectivity index (χ4n) is 2.63. The lowest BCUT2D eigenvalue weighted by molar-refractivity contribution is -0.129. The summed E-state index contributed by atoms with van der Waals surface area (Å²) in [5.74, 6) is -0.510. The normalized spacial score (nSPS) is 19.2. The monoisotopic (exact) mass is 316 g/mol. The van der Waals surface area contributed by atoms with Gasteiger partial charge in [-0.15, -0.1) is 0 Å². The summed E-state index contributed by atoms with van der Waals surface area (Å²) in [6.07, 6.45) is 1.63. The average molecular weight is 316 g/mol. The first-order valence-electron chi connectivity index (χ1n) is 7.07. The van der Waals surface area contributed by atoms with Crippen molar-refractivity contribution in [2.75, 3.05) is 11.9 Å². The van der Waals surface area contributed by atoms with E-state index < -0.39 is 0 Å². The molecular weight excluding hydrogens is 300 g/mol. The lowest BCUT2D eigenvalue weighted by Crippen LogP contribution is -2.30. The van der Waals surface area contributed by atoms with Gasteiger partial charge in [0.25, 0.3) is 0 Å². The second-order valence-electron chi connectivity index (χ2n) is 5.27. The predicted octanol–water partition coefficient (Wildman–Crippen LogP) is 2.09. The first-order valence-corrected chi connectivity index (χ1v) is 7.84. The lowest BCUT2D eigenvalue weighted by atomic mass is 10.1. The molecule has 2 amide bonds. The highest BCUT2D eigenvalue weighted by atomic mass is 32.1. The Bertz CT molecular complexity index is 659. The van der Waals surface area contributed by atoms with Gasteiger partial charge in [-0.1, -0.05) is 30.3 Å². The molecule has 2 atom stereocenters. The fourth-order valence-corrected chi connectivity index (χ4v) is 3.06. The average Bonchev–Trinajstić information content (AvgIpc) is 3.17. The molecule has 0 saturated carbocycles. The van der Waals surface area contributed by atoms with Crippen molar-refractivity contribution in [1.29, 1.82) is 0 Å². The van der Waals surface area contributed by atoms with Crippen molar-refractivity contribution >= 4 is 28.5 Å². The van der Waals surface area contributed by atoms with Crippen molar-refractivity contribution in [1.82, 2.24) is 14.3 Å². The van der Waals surface area contributed by atoms with E-state index in [1.165, 1.54) is 6.33 Å². The van der Waals surface area contributed by atoms with E-state index in [0.29, 0.717) is 11.7 Å². The summed E-state index contributed by atoms with van der Waals surface area (Å²) in [6.45, 7) is 2.41. The number of likely N-dealkylation sites (tertiary alicyclic amines) is 1. The number of hydrogen-bond donors (Lipinski definition) is 1. The Morgan fingerprint density at radius 3 is 2.86 bits per heavy atom. The summed E-state index contributed by atoms with van der Waals surface area (Å²) in [5, 5.41) is 3.18. The third kappa shape index (κ3) is 2.99. The lowest BCUT2D eigenvalue weighted by Gasteiger charge is -2.25. The van der Waals surface area contributed by atoms with Gasteiger partial charge in [0, 0.05) is 24.5 Å². The van der Waals surface area contributed by atoms with E-state index in [9.17, 15) is 9.59 Å². The van der Waals surface area contributed by atoms with E-state index in [0.717, 1.165) is 17.1 Å². The van der Waals surface area contributed by atoms with Crippen molar-refractivity contribution in [3.05, 3.63) is 42.2 Å². The molecule has 1 N–H and O–H groups in total. The van der Waals surface area contributed by atoms with Gasteiger partial charge in [-0.2, -0.15) is 4.37 Å². The summed E-state index contributed by atoms with van der Waals surface area (Å²) in [6, 6.07) is 9.80. The van der Waals surface area contributed by atoms with Crippen molar-refractivity contribution < 1.29 is 9.59 Å². The molecule has 1 saturated heterocycles. The number of benzene rings is 1. The zero-order valence-electron chi connectivity index (χ0n) is 12.1. The van der Waals surface area contributed by atoms with Crippen LogP contribution in [-0.4, -0.2) is 32.6 Å². The summed E-state index contributed by atoms with van der Waals surface area (Å²) < 4.78 is 3.84. The Balaban J connectivity index is 1.66. The van der Waals surface area contributed by atoms with Crippen LogP contribution in [0.5, 0.6) is 0 Å². The second kappa shape index (κ2) is 6.23. The largest absolute Gasteiger partial charge is 0.335 e. The predicted molar refractivity (Wildman–Crippen MR) is 83.2 cm³/mol. The first kappa shape index (κ1) is 14.6. The van der Waals surface area contributed by atoms with E-state index in [1.807, 2.05) is 37.3 Å². The highest BCUT2D eigenvalue weighted by molar-refractivity contribution is 7.09. The van der Waals surface area contributed by atoms with Crippen LogP contribution in [0, 0.1) is 5.92 Å². The molecule has 0 radical (unpaired) electrons. The minimum Gasteiger partial charge on any atom is -0.335 e. The molecule has 1 aliphatic rings. The van der Waals surface area contributed by atoms with Gasteiger partial charge in [-0.3, -0.25) is 9.59 Å². The fraction of sp³-hybridized carbons (Fsp3) is 0.333. The van der Waals surface area contributed by atoms with Crippen molar-refractivity contribution in [3.63, 3.8) is 0 Å². The van der Waals surface area contributed by atoms with E-state index in [1.54, 1.807) is 4.90 Å². The van der Waals surface area contributed by atoms with Crippen LogP contribution in [-0.2, 0) is 9.59 Å². The van der Waals surface area contributed by atoms with Gasteiger partial charge in [0.05, 0.1) is 12.0 Å². The van der Waals surface area contributed by atoms with Gasteiger partial charge in [-0.25, -0.2) is 4.98 Å². The van der Waals surface area contributed by atoms with Crippen LogP contribution in [0.2, 0.25) is 0 Å².